The summed E-state index contributed by atoms with van der Waals surface area (Å²) in [6.45, 7) is 2.54. The molecule has 5 heteroatoms. The molecule has 0 aliphatic carbocycles. The van der Waals surface area contributed by atoms with Crippen molar-refractivity contribution >= 4 is 11.6 Å². The largest absolute Gasteiger partial charge is 0.504 e. The van der Waals surface area contributed by atoms with E-state index in [2.05, 4.69) is 10.3 Å². The molecule has 2 N–H and O–H groups in total. The summed E-state index contributed by atoms with van der Waals surface area (Å²) >= 11 is 6.01. The first-order valence-electron chi connectivity index (χ1n) is 6.30. The minimum absolute atomic E-state index is 0.117. The second-order valence-electron chi connectivity index (χ2n) is 4.50. The Morgan fingerprint density at radius 3 is 2.70 bits per heavy atom. The van der Waals surface area contributed by atoms with Gasteiger partial charge in [-0.2, -0.15) is 0 Å². The minimum atomic E-state index is 0.117. The van der Waals surface area contributed by atoms with Crippen LogP contribution in [-0.2, 0) is 6.54 Å². The van der Waals surface area contributed by atoms with Crippen LogP contribution in [0, 0.1) is 0 Å². The first-order chi connectivity index (χ1) is 9.61. The monoisotopic (exact) mass is 292 g/mol. The van der Waals surface area contributed by atoms with Gasteiger partial charge in [0.05, 0.1) is 7.11 Å². The number of aromatic hydroxyl groups is 1. The summed E-state index contributed by atoms with van der Waals surface area (Å²) in [5, 5.41) is 13.9. The minimum Gasteiger partial charge on any atom is -0.504 e. The molecule has 1 aromatic heterocycles. The van der Waals surface area contributed by atoms with Crippen LogP contribution in [-0.4, -0.2) is 17.2 Å². The van der Waals surface area contributed by atoms with Gasteiger partial charge < -0.3 is 15.2 Å². The first-order valence-corrected chi connectivity index (χ1v) is 6.68. The van der Waals surface area contributed by atoms with Gasteiger partial charge in [-0.3, -0.25) is 4.98 Å². The SMILES string of the molecule is COc1cc(Cl)cc(CN[C@H](C)c2ccncc2)c1O. The summed E-state index contributed by atoms with van der Waals surface area (Å²) in [6, 6.07) is 7.37. The molecule has 2 rings (SSSR count). The molecule has 0 bridgehead atoms. The third kappa shape index (κ3) is 3.40. The van der Waals surface area contributed by atoms with Crippen LogP contribution in [0.4, 0.5) is 0 Å². The van der Waals surface area contributed by atoms with Crippen LogP contribution in [0.3, 0.4) is 0 Å². The van der Waals surface area contributed by atoms with Crippen molar-refractivity contribution < 1.29 is 9.84 Å². The van der Waals surface area contributed by atoms with Gasteiger partial charge in [0.1, 0.15) is 0 Å². The summed E-state index contributed by atoms with van der Waals surface area (Å²) in [6.07, 6.45) is 3.51. The fraction of sp³-hybridized carbons (Fsp3) is 0.267. The van der Waals surface area contributed by atoms with Gasteiger partial charge in [0.25, 0.3) is 0 Å². The predicted octanol–water partition coefficient (Wildman–Crippen LogP) is 3.30. The molecule has 1 aromatic carbocycles. The number of halogens is 1. The Morgan fingerprint density at radius 1 is 1.35 bits per heavy atom. The highest BCUT2D eigenvalue weighted by Crippen LogP contribution is 2.33. The van der Waals surface area contributed by atoms with Crippen LogP contribution < -0.4 is 10.1 Å². The number of nitrogens with one attached hydrogen (secondary N) is 1. The van der Waals surface area contributed by atoms with Crippen LogP contribution in [0.25, 0.3) is 0 Å². The van der Waals surface area contributed by atoms with Gasteiger partial charge in [-0.25, -0.2) is 0 Å². The van der Waals surface area contributed by atoms with Crippen molar-refractivity contribution in [3.63, 3.8) is 0 Å². The summed E-state index contributed by atoms with van der Waals surface area (Å²) in [5.41, 5.74) is 1.84. The Labute approximate surface area is 123 Å². The van der Waals surface area contributed by atoms with Crippen molar-refractivity contribution in [2.45, 2.75) is 19.5 Å². The van der Waals surface area contributed by atoms with Crippen LogP contribution in [0.15, 0.2) is 36.7 Å². The molecule has 0 amide bonds. The lowest BCUT2D eigenvalue weighted by Crippen LogP contribution is -2.18. The third-order valence-electron chi connectivity index (χ3n) is 3.14. The molecule has 0 saturated carbocycles. The van der Waals surface area contributed by atoms with Gasteiger partial charge >= 0.3 is 0 Å². The number of benzene rings is 1. The number of phenolic OH excluding ortho intramolecular Hbond substituents is 1. The van der Waals surface area contributed by atoms with E-state index >= 15 is 0 Å². The molecule has 20 heavy (non-hydrogen) atoms. The first kappa shape index (κ1) is 14.6. The predicted molar refractivity (Wildman–Crippen MR) is 79.2 cm³/mol. The lowest BCUT2D eigenvalue weighted by Gasteiger charge is -2.16. The lowest BCUT2D eigenvalue weighted by atomic mass is 10.1. The van der Waals surface area contributed by atoms with Crippen LogP contribution in [0.5, 0.6) is 11.5 Å². The van der Waals surface area contributed by atoms with Crippen LogP contribution in [0.2, 0.25) is 5.02 Å². The van der Waals surface area contributed by atoms with E-state index in [1.165, 1.54) is 7.11 Å². The van der Waals surface area contributed by atoms with E-state index in [9.17, 15) is 5.11 Å². The van der Waals surface area contributed by atoms with E-state index < -0.39 is 0 Å². The molecule has 1 heterocycles. The fourth-order valence-electron chi connectivity index (χ4n) is 1.95. The van der Waals surface area contributed by atoms with Gasteiger partial charge in [-0.15, -0.1) is 0 Å². The highest BCUT2D eigenvalue weighted by molar-refractivity contribution is 6.30. The maximum Gasteiger partial charge on any atom is 0.162 e. The number of hydrogen-bond acceptors (Lipinski definition) is 4. The molecule has 106 valence electrons. The second kappa shape index (κ2) is 6.59. The van der Waals surface area contributed by atoms with E-state index in [1.807, 2.05) is 19.1 Å². The Hall–Kier alpha value is -1.78. The van der Waals surface area contributed by atoms with Crippen molar-refractivity contribution in [2.24, 2.45) is 0 Å². The number of ether oxygens (including phenoxy) is 1. The summed E-state index contributed by atoms with van der Waals surface area (Å²) in [7, 11) is 1.50. The van der Waals surface area contributed by atoms with E-state index in [1.54, 1.807) is 24.5 Å². The molecule has 0 fully saturated rings. The molecule has 0 aliphatic heterocycles. The highest BCUT2D eigenvalue weighted by Gasteiger charge is 2.11. The maximum absolute atomic E-state index is 10.1. The van der Waals surface area contributed by atoms with Gasteiger partial charge in [0.15, 0.2) is 11.5 Å². The average Bonchev–Trinajstić information content (AvgIpc) is 2.48. The standard InChI is InChI=1S/C15H17ClN2O2/c1-10(11-3-5-17-6-4-11)18-9-12-7-13(16)8-14(20-2)15(12)19/h3-8,10,18-19H,9H2,1-2H3/t10-/m1/s1. The molecular formula is C15H17ClN2O2. The number of pyridine rings is 1. The zero-order valence-corrected chi connectivity index (χ0v) is 12.2. The quantitative estimate of drug-likeness (QED) is 0.888. The number of aromatic nitrogens is 1. The van der Waals surface area contributed by atoms with Gasteiger partial charge in [-0.1, -0.05) is 11.6 Å². The van der Waals surface area contributed by atoms with Gasteiger partial charge in [-0.05, 0) is 30.7 Å². The molecule has 2 aromatic rings. The zero-order valence-electron chi connectivity index (χ0n) is 11.4. The molecule has 0 spiro atoms. The maximum atomic E-state index is 10.1. The van der Waals surface area contributed by atoms with Gasteiger partial charge in [0, 0.05) is 41.6 Å². The number of phenols is 1. The molecule has 1 atom stereocenters. The smallest absolute Gasteiger partial charge is 0.162 e. The molecular weight excluding hydrogens is 276 g/mol. The average molecular weight is 293 g/mol. The zero-order chi connectivity index (χ0) is 14.5. The molecule has 4 nitrogen and oxygen atoms in total. The Kier molecular flexibility index (Phi) is 4.82. The van der Waals surface area contributed by atoms with Crippen molar-refractivity contribution in [1.29, 1.82) is 0 Å². The van der Waals surface area contributed by atoms with Crippen molar-refractivity contribution in [2.75, 3.05) is 7.11 Å². The normalized spacial score (nSPS) is 12.2. The number of methoxy groups -OCH3 is 1. The van der Waals surface area contributed by atoms with E-state index in [-0.39, 0.29) is 11.8 Å². The summed E-state index contributed by atoms with van der Waals surface area (Å²) < 4.78 is 5.09. The van der Waals surface area contributed by atoms with E-state index in [0.717, 1.165) is 5.56 Å². The second-order valence-corrected chi connectivity index (χ2v) is 4.94. The Morgan fingerprint density at radius 2 is 2.05 bits per heavy atom. The van der Waals surface area contributed by atoms with Gasteiger partial charge in [0.2, 0.25) is 0 Å². The van der Waals surface area contributed by atoms with E-state index in [0.29, 0.717) is 22.9 Å². The van der Waals surface area contributed by atoms with Crippen molar-refractivity contribution in [1.82, 2.24) is 10.3 Å². The molecule has 0 radical (unpaired) electrons. The van der Waals surface area contributed by atoms with Crippen molar-refractivity contribution in [3.05, 3.63) is 52.8 Å². The molecule has 0 unspecified atom stereocenters. The van der Waals surface area contributed by atoms with Crippen LogP contribution in [0.1, 0.15) is 24.1 Å². The van der Waals surface area contributed by atoms with E-state index in [4.69, 9.17) is 16.3 Å². The topological polar surface area (TPSA) is 54.4 Å². The summed E-state index contributed by atoms with van der Waals surface area (Å²) in [5.74, 6) is 0.497. The fourth-order valence-corrected chi connectivity index (χ4v) is 2.18. The molecule has 0 aliphatic rings. The molecule has 0 saturated heterocycles. The van der Waals surface area contributed by atoms with Crippen molar-refractivity contribution in [3.8, 4) is 11.5 Å². The highest BCUT2D eigenvalue weighted by atomic mass is 35.5. The Bertz CT molecular complexity index is 576. The number of nitrogens with zero attached hydrogens (tertiary/aromatic N) is 1. The summed E-state index contributed by atoms with van der Waals surface area (Å²) in [4.78, 5) is 3.99. The number of hydrogen-bond donors (Lipinski definition) is 2. The number of rotatable bonds is 5. The lowest BCUT2D eigenvalue weighted by molar-refractivity contribution is 0.369. The third-order valence-corrected chi connectivity index (χ3v) is 3.36. The Balaban J connectivity index is 2.09. The van der Waals surface area contributed by atoms with Crippen LogP contribution >= 0.6 is 11.6 Å².